The second-order valence-electron chi connectivity index (χ2n) is 7.00. The van der Waals surface area contributed by atoms with Crippen molar-refractivity contribution in [2.24, 2.45) is 0 Å². The van der Waals surface area contributed by atoms with Crippen molar-refractivity contribution in [3.05, 3.63) is 65.7 Å². The molecule has 2 aromatic carbocycles. The fraction of sp³-hybridized carbons (Fsp3) is 0.409. The Hall–Kier alpha value is -2.33. The van der Waals surface area contributed by atoms with Crippen molar-refractivity contribution in [3.63, 3.8) is 0 Å². The Bertz CT molecular complexity index is 723. The van der Waals surface area contributed by atoms with Gasteiger partial charge in [0.05, 0.1) is 0 Å². The highest BCUT2D eigenvalue weighted by Crippen LogP contribution is 2.34. The van der Waals surface area contributed by atoms with Gasteiger partial charge in [-0.15, -0.1) is 0 Å². The summed E-state index contributed by atoms with van der Waals surface area (Å²) in [6.45, 7) is 5.81. The van der Waals surface area contributed by atoms with Gasteiger partial charge < -0.3 is 14.8 Å². The monoisotopic (exact) mass is 353 g/mol. The third-order valence-corrected chi connectivity index (χ3v) is 5.20. The third-order valence-electron chi connectivity index (χ3n) is 5.20. The van der Waals surface area contributed by atoms with Crippen molar-refractivity contribution in [3.8, 4) is 5.75 Å². The summed E-state index contributed by atoms with van der Waals surface area (Å²) in [7, 11) is 0. The van der Waals surface area contributed by atoms with Gasteiger partial charge in [-0.3, -0.25) is 4.79 Å². The van der Waals surface area contributed by atoms with E-state index in [9.17, 15) is 4.79 Å². The maximum atomic E-state index is 12.6. The number of benzene rings is 2. The zero-order valence-electron chi connectivity index (χ0n) is 15.5. The van der Waals surface area contributed by atoms with Gasteiger partial charge >= 0.3 is 0 Å². The fourth-order valence-corrected chi connectivity index (χ4v) is 3.45. The number of hydrogen-bond acceptors (Lipinski definition) is 3. The van der Waals surface area contributed by atoms with Gasteiger partial charge in [-0.1, -0.05) is 48.5 Å². The van der Waals surface area contributed by atoms with E-state index in [0.29, 0.717) is 6.54 Å². The summed E-state index contributed by atoms with van der Waals surface area (Å²) in [5, 5.41) is 3.11. The largest absolute Gasteiger partial charge is 0.481 e. The maximum absolute atomic E-state index is 12.6. The zero-order valence-corrected chi connectivity index (χ0v) is 15.5. The summed E-state index contributed by atoms with van der Waals surface area (Å²) in [5.41, 5.74) is 2.21. The Balaban J connectivity index is 1.65. The van der Waals surface area contributed by atoms with E-state index in [0.717, 1.165) is 37.4 Å². The normalized spacial score (nSPS) is 17.3. The topological polar surface area (TPSA) is 47.6 Å². The first-order valence-electron chi connectivity index (χ1n) is 9.24. The lowest BCUT2D eigenvalue weighted by Crippen LogP contribution is -2.47. The minimum atomic E-state index is -0.538. The van der Waals surface area contributed by atoms with Crippen LogP contribution in [-0.4, -0.2) is 31.8 Å². The average Bonchev–Trinajstić information content (AvgIpc) is 2.69. The Labute approximate surface area is 155 Å². The molecule has 2 aromatic rings. The fourth-order valence-electron chi connectivity index (χ4n) is 3.45. The van der Waals surface area contributed by atoms with Gasteiger partial charge in [0.25, 0.3) is 5.91 Å². The van der Waals surface area contributed by atoms with Crippen LogP contribution in [0.15, 0.2) is 54.6 Å². The molecule has 1 atom stereocenters. The molecule has 1 aliphatic heterocycles. The number of nitrogens with one attached hydrogen (secondary N) is 1. The van der Waals surface area contributed by atoms with Crippen LogP contribution in [0.25, 0.3) is 0 Å². The quantitative estimate of drug-likeness (QED) is 0.863. The number of aryl methyl sites for hydroxylation is 1. The standard InChI is InChI=1S/C22H27NO3/c1-17-8-6-7-11-20(17)26-18(2)21(24)23-16-22(12-14-25-15-13-22)19-9-4-3-5-10-19/h3-11,18H,12-16H2,1-2H3,(H,23,24)/t18-/m0/s1. The first kappa shape index (κ1) is 18.5. The van der Waals surface area contributed by atoms with Crippen molar-refractivity contribution >= 4 is 5.91 Å². The van der Waals surface area contributed by atoms with Gasteiger partial charge in [0.1, 0.15) is 5.75 Å². The lowest BCUT2D eigenvalue weighted by molar-refractivity contribution is -0.127. The Morgan fingerprint density at radius 1 is 1.12 bits per heavy atom. The van der Waals surface area contributed by atoms with Gasteiger partial charge in [0.15, 0.2) is 6.10 Å². The molecule has 1 aliphatic rings. The van der Waals surface area contributed by atoms with Gasteiger partial charge in [-0.2, -0.15) is 0 Å². The van der Waals surface area contributed by atoms with Crippen molar-refractivity contribution in [2.75, 3.05) is 19.8 Å². The summed E-state index contributed by atoms with van der Waals surface area (Å²) >= 11 is 0. The minimum absolute atomic E-state index is 0.0719. The molecule has 0 spiro atoms. The lowest BCUT2D eigenvalue weighted by atomic mass is 9.74. The SMILES string of the molecule is Cc1ccccc1O[C@@H](C)C(=O)NCC1(c2ccccc2)CCOCC1. The summed E-state index contributed by atoms with van der Waals surface area (Å²) in [5.74, 6) is 0.661. The Morgan fingerprint density at radius 3 is 2.46 bits per heavy atom. The summed E-state index contributed by atoms with van der Waals surface area (Å²) in [4.78, 5) is 12.6. The van der Waals surface area contributed by atoms with E-state index in [1.54, 1.807) is 6.92 Å². The molecule has 0 bridgehead atoms. The van der Waals surface area contributed by atoms with Gasteiger partial charge in [0.2, 0.25) is 0 Å². The number of para-hydroxylation sites is 1. The summed E-state index contributed by atoms with van der Waals surface area (Å²) < 4.78 is 11.4. The third kappa shape index (κ3) is 4.25. The average molecular weight is 353 g/mol. The number of ether oxygens (including phenoxy) is 2. The van der Waals surface area contributed by atoms with Crippen molar-refractivity contribution in [2.45, 2.75) is 38.2 Å². The molecule has 1 fully saturated rings. The van der Waals surface area contributed by atoms with E-state index in [2.05, 4.69) is 29.6 Å². The number of carbonyl (C=O) groups excluding carboxylic acids is 1. The number of carbonyl (C=O) groups is 1. The second-order valence-corrected chi connectivity index (χ2v) is 7.00. The van der Waals surface area contributed by atoms with E-state index >= 15 is 0 Å². The molecule has 0 aromatic heterocycles. The molecule has 26 heavy (non-hydrogen) atoms. The summed E-state index contributed by atoms with van der Waals surface area (Å²) in [6, 6.07) is 18.2. The molecule has 0 unspecified atom stereocenters. The van der Waals surface area contributed by atoms with E-state index in [1.807, 2.05) is 37.3 Å². The molecule has 1 N–H and O–H groups in total. The number of amides is 1. The van der Waals surface area contributed by atoms with Crippen LogP contribution < -0.4 is 10.1 Å². The van der Waals surface area contributed by atoms with Gasteiger partial charge in [-0.25, -0.2) is 0 Å². The molecule has 1 saturated heterocycles. The smallest absolute Gasteiger partial charge is 0.260 e. The van der Waals surface area contributed by atoms with Crippen LogP contribution >= 0.6 is 0 Å². The van der Waals surface area contributed by atoms with Crippen molar-refractivity contribution < 1.29 is 14.3 Å². The van der Waals surface area contributed by atoms with Crippen molar-refractivity contribution in [1.82, 2.24) is 5.32 Å². The highest BCUT2D eigenvalue weighted by molar-refractivity contribution is 5.80. The molecule has 0 radical (unpaired) electrons. The van der Waals surface area contributed by atoms with E-state index < -0.39 is 6.10 Å². The van der Waals surface area contributed by atoms with Gasteiger partial charge in [-0.05, 0) is 43.9 Å². The van der Waals surface area contributed by atoms with Crippen LogP contribution in [0.1, 0.15) is 30.9 Å². The molecule has 138 valence electrons. The van der Waals surface area contributed by atoms with E-state index in [4.69, 9.17) is 9.47 Å². The second kappa shape index (κ2) is 8.37. The Kier molecular flexibility index (Phi) is 5.94. The zero-order chi connectivity index (χ0) is 18.4. The molecule has 0 aliphatic carbocycles. The first-order valence-corrected chi connectivity index (χ1v) is 9.24. The van der Waals surface area contributed by atoms with Crippen LogP contribution in [0.5, 0.6) is 5.75 Å². The molecular formula is C22H27NO3. The van der Waals surface area contributed by atoms with Crippen LogP contribution in [0.4, 0.5) is 0 Å². The van der Waals surface area contributed by atoms with Crippen LogP contribution in [-0.2, 0) is 14.9 Å². The van der Waals surface area contributed by atoms with E-state index in [1.165, 1.54) is 5.56 Å². The highest BCUT2D eigenvalue weighted by atomic mass is 16.5. The molecule has 1 heterocycles. The van der Waals surface area contributed by atoms with E-state index in [-0.39, 0.29) is 11.3 Å². The molecule has 4 heteroatoms. The predicted octanol–water partition coefficient (Wildman–Crippen LogP) is 3.63. The number of hydrogen-bond donors (Lipinski definition) is 1. The minimum Gasteiger partial charge on any atom is -0.481 e. The van der Waals surface area contributed by atoms with Crippen LogP contribution in [0.2, 0.25) is 0 Å². The molecule has 4 nitrogen and oxygen atoms in total. The molecule has 3 rings (SSSR count). The molecular weight excluding hydrogens is 326 g/mol. The maximum Gasteiger partial charge on any atom is 0.260 e. The highest BCUT2D eigenvalue weighted by Gasteiger charge is 2.35. The predicted molar refractivity (Wildman–Crippen MR) is 102 cm³/mol. The van der Waals surface area contributed by atoms with Crippen molar-refractivity contribution in [1.29, 1.82) is 0 Å². The molecule has 0 saturated carbocycles. The summed E-state index contributed by atoms with van der Waals surface area (Å²) in [6.07, 6.45) is 1.28. The molecule has 1 amide bonds. The van der Waals surface area contributed by atoms with Crippen LogP contribution in [0.3, 0.4) is 0 Å². The van der Waals surface area contributed by atoms with Crippen LogP contribution in [0, 0.1) is 6.92 Å². The first-order chi connectivity index (χ1) is 12.6. The number of rotatable bonds is 6. The van der Waals surface area contributed by atoms with Gasteiger partial charge in [0, 0.05) is 25.2 Å². The Morgan fingerprint density at radius 2 is 1.77 bits per heavy atom. The lowest BCUT2D eigenvalue weighted by Gasteiger charge is -2.38.